The highest BCUT2D eigenvalue weighted by molar-refractivity contribution is 5.74. The Hall–Kier alpha value is -2.02. The first-order chi connectivity index (χ1) is 9.86. The summed E-state index contributed by atoms with van der Waals surface area (Å²) in [5, 5.41) is 18.7. The average Bonchev–Trinajstić information content (AvgIpc) is 2.47. The zero-order valence-corrected chi connectivity index (χ0v) is 12.9. The highest BCUT2D eigenvalue weighted by atomic mass is 16.4. The molecule has 4 heteroatoms. The molecule has 2 rings (SSSR count). The lowest BCUT2D eigenvalue weighted by Crippen LogP contribution is -2.45. The van der Waals surface area contributed by atoms with Gasteiger partial charge in [-0.25, -0.2) is 0 Å². The van der Waals surface area contributed by atoms with Crippen molar-refractivity contribution in [2.75, 3.05) is 18.0 Å². The lowest BCUT2D eigenvalue weighted by Gasteiger charge is -2.40. The molecule has 1 saturated heterocycles. The van der Waals surface area contributed by atoms with Gasteiger partial charge >= 0.3 is 5.97 Å². The largest absolute Gasteiger partial charge is 0.481 e. The van der Waals surface area contributed by atoms with Gasteiger partial charge in [-0.15, -0.1) is 0 Å². The molecule has 0 amide bonds. The molecule has 0 aromatic heterocycles. The number of hydrogen-bond acceptors (Lipinski definition) is 3. The topological polar surface area (TPSA) is 64.3 Å². The predicted molar refractivity (Wildman–Crippen MR) is 82.2 cm³/mol. The maximum Gasteiger partial charge on any atom is 0.309 e. The van der Waals surface area contributed by atoms with Gasteiger partial charge in [0, 0.05) is 13.1 Å². The average molecular weight is 286 g/mol. The molecule has 0 bridgehead atoms. The quantitative estimate of drug-likeness (QED) is 0.926. The molecular weight excluding hydrogens is 264 g/mol. The van der Waals surface area contributed by atoms with E-state index in [9.17, 15) is 15.2 Å². The van der Waals surface area contributed by atoms with Gasteiger partial charge in [0.1, 0.15) is 6.07 Å². The molecule has 0 radical (unpaired) electrons. The number of benzene rings is 1. The Kier molecular flexibility index (Phi) is 4.22. The number of nitriles is 1. The van der Waals surface area contributed by atoms with E-state index in [4.69, 9.17) is 0 Å². The number of carbonyl (C=O) groups is 1. The van der Waals surface area contributed by atoms with Gasteiger partial charge in [0.05, 0.1) is 16.7 Å². The summed E-state index contributed by atoms with van der Waals surface area (Å²) in [4.78, 5) is 13.6. The van der Waals surface area contributed by atoms with Crippen molar-refractivity contribution >= 4 is 11.7 Å². The van der Waals surface area contributed by atoms with Crippen LogP contribution >= 0.6 is 0 Å². The highest BCUT2D eigenvalue weighted by Gasteiger charge is 2.39. The SMILES string of the molecule is Cc1ccc(C#N)c(N2CCCC(C(C)(C)C(=O)O)C2)c1. The lowest BCUT2D eigenvalue weighted by atomic mass is 9.74. The van der Waals surface area contributed by atoms with E-state index >= 15 is 0 Å². The first kappa shape index (κ1) is 15.4. The predicted octanol–water partition coefficient (Wildman–Crippen LogP) is 3.19. The summed E-state index contributed by atoms with van der Waals surface area (Å²) in [5.41, 5.74) is 1.97. The molecule has 0 aliphatic carbocycles. The molecule has 1 N–H and O–H groups in total. The summed E-state index contributed by atoms with van der Waals surface area (Å²) in [6.07, 6.45) is 1.88. The number of carboxylic acids is 1. The van der Waals surface area contributed by atoms with Gasteiger partial charge in [0.15, 0.2) is 0 Å². The second kappa shape index (κ2) is 5.77. The van der Waals surface area contributed by atoms with E-state index in [1.165, 1.54) is 0 Å². The number of aliphatic carboxylic acids is 1. The number of rotatable bonds is 3. The van der Waals surface area contributed by atoms with Crippen LogP contribution in [-0.4, -0.2) is 24.2 Å². The van der Waals surface area contributed by atoms with Gasteiger partial charge in [-0.3, -0.25) is 4.79 Å². The van der Waals surface area contributed by atoms with Crippen molar-refractivity contribution in [1.82, 2.24) is 0 Å². The summed E-state index contributed by atoms with van der Waals surface area (Å²) in [6, 6.07) is 8.04. The van der Waals surface area contributed by atoms with Gasteiger partial charge in [-0.2, -0.15) is 5.26 Å². The van der Waals surface area contributed by atoms with Gasteiger partial charge in [0.2, 0.25) is 0 Å². The summed E-state index contributed by atoms with van der Waals surface area (Å²) in [6.45, 7) is 7.17. The number of carboxylic acid groups (broad SMARTS) is 1. The first-order valence-electron chi connectivity index (χ1n) is 7.35. The molecule has 1 heterocycles. The minimum absolute atomic E-state index is 0.0933. The van der Waals surface area contributed by atoms with Crippen molar-refractivity contribution in [2.45, 2.75) is 33.6 Å². The third-order valence-electron chi connectivity index (χ3n) is 4.61. The van der Waals surface area contributed by atoms with Crippen LogP contribution in [0.1, 0.15) is 37.8 Å². The van der Waals surface area contributed by atoms with Gasteiger partial charge in [-0.1, -0.05) is 6.07 Å². The molecule has 1 atom stereocenters. The Bertz CT molecular complexity index is 587. The van der Waals surface area contributed by atoms with Crippen LogP contribution in [0.15, 0.2) is 18.2 Å². The molecule has 1 aromatic rings. The maximum absolute atomic E-state index is 11.5. The van der Waals surface area contributed by atoms with Crippen LogP contribution in [0, 0.1) is 29.6 Å². The van der Waals surface area contributed by atoms with Crippen molar-refractivity contribution in [1.29, 1.82) is 5.26 Å². The number of nitrogens with zero attached hydrogens (tertiary/aromatic N) is 2. The molecule has 4 nitrogen and oxygen atoms in total. The van der Waals surface area contributed by atoms with Crippen LogP contribution in [0.25, 0.3) is 0 Å². The summed E-state index contributed by atoms with van der Waals surface area (Å²) >= 11 is 0. The van der Waals surface area contributed by atoms with Crippen molar-refractivity contribution in [3.63, 3.8) is 0 Å². The van der Waals surface area contributed by atoms with Crippen molar-refractivity contribution < 1.29 is 9.90 Å². The third kappa shape index (κ3) is 3.02. The minimum atomic E-state index is -0.751. The molecule has 112 valence electrons. The second-order valence-corrected chi connectivity index (χ2v) is 6.44. The zero-order chi connectivity index (χ0) is 15.6. The molecule has 1 unspecified atom stereocenters. The van der Waals surface area contributed by atoms with Crippen LogP contribution in [0.3, 0.4) is 0 Å². The normalized spacial score (nSPS) is 19.1. The Balaban J connectivity index is 2.28. The van der Waals surface area contributed by atoms with E-state index in [-0.39, 0.29) is 5.92 Å². The van der Waals surface area contributed by atoms with E-state index in [0.717, 1.165) is 30.6 Å². The maximum atomic E-state index is 11.5. The van der Waals surface area contributed by atoms with E-state index in [0.29, 0.717) is 12.1 Å². The van der Waals surface area contributed by atoms with Crippen LogP contribution in [0.5, 0.6) is 0 Å². The first-order valence-corrected chi connectivity index (χ1v) is 7.35. The van der Waals surface area contributed by atoms with Gasteiger partial charge < -0.3 is 10.0 Å². The molecular formula is C17H22N2O2. The Labute approximate surface area is 126 Å². The summed E-state index contributed by atoms with van der Waals surface area (Å²) in [7, 11) is 0. The van der Waals surface area contributed by atoms with Crippen molar-refractivity contribution in [3.05, 3.63) is 29.3 Å². The monoisotopic (exact) mass is 286 g/mol. The van der Waals surface area contributed by atoms with Crippen LogP contribution < -0.4 is 4.90 Å². The molecule has 1 aliphatic heterocycles. The fraction of sp³-hybridized carbons (Fsp3) is 0.529. The third-order valence-corrected chi connectivity index (χ3v) is 4.61. The minimum Gasteiger partial charge on any atom is -0.481 e. The van der Waals surface area contributed by atoms with Crippen molar-refractivity contribution in [3.8, 4) is 6.07 Å². The van der Waals surface area contributed by atoms with Crippen LogP contribution in [-0.2, 0) is 4.79 Å². The number of anilines is 1. The number of aryl methyl sites for hydroxylation is 1. The molecule has 0 spiro atoms. The second-order valence-electron chi connectivity index (χ2n) is 6.44. The Morgan fingerprint density at radius 2 is 2.19 bits per heavy atom. The summed E-state index contributed by atoms with van der Waals surface area (Å²) < 4.78 is 0. The van der Waals surface area contributed by atoms with E-state index in [2.05, 4.69) is 11.0 Å². The van der Waals surface area contributed by atoms with Crippen LogP contribution in [0.2, 0.25) is 0 Å². The van der Waals surface area contributed by atoms with Gasteiger partial charge in [-0.05, 0) is 57.2 Å². The standard InChI is InChI=1S/C17H22N2O2/c1-12-6-7-13(10-18)15(9-12)19-8-4-5-14(11-19)17(2,3)16(20)21/h6-7,9,14H,4-5,8,11H2,1-3H3,(H,20,21). The van der Waals surface area contributed by atoms with Gasteiger partial charge in [0.25, 0.3) is 0 Å². The number of hydrogen-bond donors (Lipinski definition) is 1. The fourth-order valence-corrected chi connectivity index (χ4v) is 2.96. The van der Waals surface area contributed by atoms with E-state index in [1.54, 1.807) is 13.8 Å². The number of piperidine rings is 1. The molecule has 0 saturated carbocycles. The summed E-state index contributed by atoms with van der Waals surface area (Å²) in [5.74, 6) is -0.657. The Morgan fingerprint density at radius 3 is 2.81 bits per heavy atom. The van der Waals surface area contributed by atoms with E-state index < -0.39 is 11.4 Å². The van der Waals surface area contributed by atoms with E-state index in [1.807, 2.05) is 25.1 Å². The smallest absolute Gasteiger partial charge is 0.309 e. The van der Waals surface area contributed by atoms with Crippen LogP contribution in [0.4, 0.5) is 5.69 Å². The lowest BCUT2D eigenvalue weighted by molar-refractivity contribution is -0.150. The molecule has 21 heavy (non-hydrogen) atoms. The molecule has 1 aromatic carbocycles. The molecule has 1 fully saturated rings. The molecule has 1 aliphatic rings. The zero-order valence-electron chi connectivity index (χ0n) is 12.9. The van der Waals surface area contributed by atoms with Crippen molar-refractivity contribution in [2.24, 2.45) is 11.3 Å². The fourth-order valence-electron chi connectivity index (χ4n) is 2.96. The highest BCUT2D eigenvalue weighted by Crippen LogP contribution is 2.36. The Morgan fingerprint density at radius 1 is 1.48 bits per heavy atom.